The Labute approximate surface area is 103 Å². The molecule has 0 saturated carbocycles. The third-order valence-electron chi connectivity index (χ3n) is 1.43. The molecule has 0 bridgehead atoms. The van der Waals surface area contributed by atoms with Crippen LogP contribution in [0, 0.1) is 5.82 Å². The van der Waals surface area contributed by atoms with E-state index in [0.717, 1.165) is 5.56 Å². The minimum atomic E-state index is -0.449. The first-order chi connectivity index (χ1) is 6.09. The third kappa shape index (κ3) is 4.10. The van der Waals surface area contributed by atoms with Crippen LogP contribution in [0.1, 0.15) is 5.56 Å². The van der Waals surface area contributed by atoms with Gasteiger partial charge in [0.05, 0.1) is 11.6 Å². The molecule has 6 heteroatoms. The van der Waals surface area contributed by atoms with Crippen molar-refractivity contribution in [1.82, 2.24) is 0 Å². The number of halogens is 3. The average Bonchev–Trinajstić information content (AvgIpc) is 2.07. The van der Waals surface area contributed by atoms with Gasteiger partial charge in [0.2, 0.25) is 0 Å². The number of benzene rings is 1. The van der Waals surface area contributed by atoms with Crippen LogP contribution in [0.25, 0.3) is 0 Å². The van der Waals surface area contributed by atoms with Gasteiger partial charge in [-0.05, 0) is 17.7 Å². The molecule has 0 unspecified atom stereocenters. The lowest BCUT2D eigenvalue weighted by molar-refractivity contribution is 0.627. The van der Waals surface area contributed by atoms with Gasteiger partial charge in [0.25, 0.3) is 0 Å². The molecule has 4 N–H and O–H groups in total. The SMILES string of the molecule is I.NC(N)=NCc1ccc(F)c(Cl)c1. The van der Waals surface area contributed by atoms with Crippen molar-refractivity contribution in [3.63, 3.8) is 0 Å². The quantitative estimate of drug-likeness (QED) is 0.494. The number of guanidine groups is 1. The molecule has 0 saturated heterocycles. The summed E-state index contributed by atoms with van der Waals surface area (Å²) in [6.45, 7) is 0.308. The van der Waals surface area contributed by atoms with Crippen LogP contribution >= 0.6 is 35.6 Å². The van der Waals surface area contributed by atoms with E-state index in [1.54, 1.807) is 6.07 Å². The zero-order chi connectivity index (χ0) is 9.84. The molecule has 14 heavy (non-hydrogen) atoms. The predicted octanol–water partition coefficient (Wildman–Crippen LogP) is 1.87. The fourth-order valence-corrected chi connectivity index (χ4v) is 1.02. The molecule has 78 valence electrons. The van der Waals surface area contributed by atoms with Gasteiger partial charge in [0.15, 0.2) is 5.96 Å². The lowest BCUT2D eigenvalue weighted by atomic mass is 10.2. The summed E-state index contributed by atoms with van der Waals surface area (Å²) >= 11 is 5.54. The summed E-state index contributed by atoms with van der Waals surface area (Å²) in [6, 6.07) is 4.34. The highest BCUT2D eigenvalue weighted by Crippen LogP contribution is 2.16. The maximum atomic E-state index is 12.7. The molecule has 0 aliphatic carbocycles. The van der Waals surface area contributed by atoms with Crippen LogP contribution in [-0.2, 0) is 6.54 Å². The van der Waals surface area contributed by atoms with Gasteiger partial charge < -0.3 is 11.5 Å². The van der Waals surface area contributed by atoms with E-state index in [-0.39, 0.29) is 35.0 Å². The number of hydrogen-bond acceptors (Lipinski definition) is 1. The lowest BCUT2D eigenvalue weighted by Crippen LogP contribution is -2.22. The minimum absolute atomic E-state index is 0. The standard InChI is InChI=1S/C8H9ClFN3.HI/c9-6-3-5(1-2-7(6)10)4-13-8(11)12;/h1-3H,4H2,(H4,11,12,13);1H. The van der Waals surface area contributed by atoms with E-state index in [0.29, 0.717) is 6.54 Å². The Balaban J connectivity index is 0.00000169. The smallest absolute Gasteiger partial charge is 0.186 e. The molecule has 3 nitrogen and oxygen atoms in total. The van der Waals surface area contributed by atoms with Gasteiger partial charge in [-0.1, -0.05) is 17.7 Å². The first kappa shape index (κ1) is 13.4. The molecule has 0 aliphatic heterocycles. The van der Waals surface area contributed by atoms with E-state index >= 15 is 0 Å². The first-order valence-electron chi connectivity index (χ1n) is 3.59. The van der Waals surface area contributed by atoms with Gasteiger partial charge >= 0.3 is 0 Å². The number of nitrogens with two attached hydrogens (primary N) is 2. The summed E-state index contributed by atoms with van der Waals surface area (Å²) in [7, 11) is 0. The molecule has 0 heterocycles. The molecule has 1 aromatic rings. The fraction of sp³-hybridized carbons (Fsp3) is 0.125. The second kappa shape index (κ2) is 6.02. The zero-order valence-corrected chi connectivity index (χ0v) is 10.3. The lowest BCUT2D eigenvalue weighted by Gasteiger charge is -1.98. The zero-order valence-electron chi connectivity index (χ0n) is 7.21. The Morgan fingerprint density at radius 2 is 2.07 bits per heavy atom. The van der Waals surface area contributed by atoms with Gasteiger partial charge in [0.1, 0.15) is 5.82 Å². The summed E-state index contributed by atoms with van der Waals surface area (Å²) in [4.78, 5) is 3.76. The van der Waals surface area contributed by atoms with E-state index in [9.17, 15) is 4.39 Å². The minimum Gasteiger partial charge on any atom is -0.370 e. The average molecular weight is 330 g/mol. The summed E-state index contributed by atoms with van der Waals surface area (Å²) in [5, 5.41) is 0.0725. The first-order valence-corrected chi connectivity index (χ1v) is 3.96. The van der Waals surface area contributed by atoms with Crippen LogP contribution in [0.5, 0.6) is 0 Å². The van der Waals surface area contributed by atoms with Gasteiger partial charge in [-0.2, -0.15) is 0 Å². The third-order valence-corrected chi connectivity index (χ3v) is 1.72. The maximum Gasteiger partial charge on any atom is 0.186 e. The van der Waals surface area contributed by atoms with E-state index in [4.69, 9.17) is 23.1 Å². The number of rotatable bonds is 2. The highest BCUT2D eigenvalue weighted by molar-refractivity contribution is 14.0. The van der Waals surface area contributed by atoms with Crippen molar-refractivity contribution in [3.8, 4) is 0 Å². The van der Waals surface area contributed by atoms with E-state index in [1.807, 2.05) is 0 Å². The van der Waals surface area contributed by atoms with Crippen molar-refractivity contribution >= 4 is 41.5 Å². The summed E-state index contributed by atoms with van der Waals surface area (Å²) < 4.78 is 12.7. The predicted molar refractivity (Wildman–Crippen MR) is 66.3 cm³/mol. The topological polar surface area (TPSA) is 64.4 Å². The van der Waals surface area contributed by atoms with Crippen LogP contribution < -0.4 is 11.5 Å². The summed E-state index contributed by atoms with van der Waals surface area (Å²) in [6.07, 6.45) is 0. The van der Waals surface area contributed by atoms with Crippen molar-refractivity contribution in [1.29, 1.82) is 0 Å². The van der Waals surface area contributed by atoms with Crippen molar-refractivity contribution < 1.29 is 4.39 Å². The van der Waals surface area contributed by atoms with Crippen LogP contribution in [0.2, 0.25) is 5.02 Å². The second-order valence-electron chi connectivity index (χ2n) is 2.49. The number of nitrogens with zero attached hydrogens (tertiary/aromatic N) is 1. The van der Waals surface area contributed by atoms with E-state index < -0.39 is 5.82 Å². The molecular formula is C8H10ClFIN3. The van der Waals surface area contributed by atoms with Crippen molar-refractivity contribution in [2.75, 3.05) is 0 Å². The van der Waals surface area contributed by atoms with E-state index in [2.05, 4.69) is 4.99 Å². The Bertz CT molecular complexity index is 339. The second-order valence-corrected chi connectivity index (χ2v) is 2.90. The Kier molecular flexibility index (Phi) is 5.78. The van der Waals surface area contributed by atoms with Crippen molar-refractivity contribution in [3.05, 3.63) is 34.6 Å². The molecule has 0 amide bonds. The van der Waals surface area contributed by atoms with E-state index in [1.165, 1.54) is 12.1 Å². The Morgan fingerprint density at radius 1 is 1.43 bits per heavy atom. The number of hydrogen-bond donors (Lipinski definition) is 2. The molecule has 0 radical (unpaired) electrons. The molecule has 0 aliphatic rings. The molecule has 0 aromatic heterocycles. The summed E-state index contributed by atoms with van der Waals surface area (Å²) in [5.74, 6) is -0.449. The molecule has 0 atom stereocenters. The highest BCUT2D eigenvalue weighted by atomic mass is 127. The molecule has 0 fully saturated rings. The summed E-state index contributed by atoms with van der Waals surface area (Å²) in [5.41, 5.74) is 11.0. The fourth-order valence-electron chi connectivity index (χ4n) is 0.821. The molecule has 1 rings (SSSR count). The highest BCUT2D eigenvalue weighted by Gasteiger charge is 1.99. The molecular weight excluding hydrogens is 319 g/mol. The van der Waals surface area contributed by atoms with Gasteiger partial charge in [-0.15, -0.1) is 24.0 Å². The van der Waals surface area contributed by atoms with Crippen molar-refractivity contribution in [2.45, 2.75) is 6.54 Å². The van der Waals surface area contributed by atoms with Gasteiger partial charge in [0, 0.05) is 0 Å². The monoisotopic (exact) mass is 329 g/mol. The van der Waals surface area contributed by atoms with Crippen LogP contribution in [-0.4, -0.2) is 5.96 Å². The maximum absolute atomic E-state index is 12.7. The normalized spacial score (nSPS) is 9.00. The number of aliphatic imine (C=N–C) groups is 1. The molecule has 1 aromatic carbocycles. The van der Waals surface area contributed by atoms with Crippen molar-refractivity contribution in [2.24, 2.45) is 16.5 Å². The largest absolute Gasteiger partial charge is 0.370 e. The van der Waals surface area contributed by atoms with Crippen LogP contribution in [0.3, 0.4) is 0 Å². The Morgan fingerprint density at radius 3 is 2.57 bits per heavy atom. The van der Waals surface area contributed by atoms with Crippen LogP contribution in [0.15, 0.2) is 23.2 Å². The van der Waals surface area contributed by atoms with Gasteiger partial charge in [-0.25, -0.2) is 9.38 Å². The van der Waals surface area contributed by atoms with Crippen LogP contribution in [0.4, 0.5) is 4.39 Å². The Hall–Kier alpha value is -0.560. The molecule has 0 spiro atoms. The van der Waals surface area contributed by atoms with Gasteiger partial charge in [-0.3, -0.25) is 0 Å².